The summed E-state index contributed by atoms with van der Waals surface area (Å²) in [5.74, 6) is 1.51. The molecular formula is C14H23NOS. The van der Waals surface area contributed by atoms with Crippen LogP contribution >= 0.6 is 0 Å². The van der Waals surface area contributed by atoms with Crippen LogP contribution in [0.5, 0.6) is 0 Å². The van der Waals surface area contributed by atoms with Gasteiger partial charge in [-0.2, -0.15) is 0 Å². The van der Waals surface area contributed by atoms with Crippen molar-refractivity contribution in [1.82, 2.24) is 5.32 Å². The molecule has 0 saturated heterocycles. The molecule has 0 aromatic heterocycles. The molecule has 2 atom stereocenters. The molecule has 0 amide bonds. The summed E-state index contributed by atoms with van der Waals surface area (Å²) in [5.41, 5.74) is 1.33. The van der Waals surface area contributed by atoms with E-state index in [-0.39, 0.29) is 0 Å². The van der Waals surface area contributed by atoms with Crippen LogP contribution in [0.4, 0.5) is 0 Å². The molecule has 1 aromatic rings. The van der Waals surface area contributed by atoms with Gasteiger partial charge in [0.25, 0.3) is 0 Å². The lowest BCUT2D eigenvalue weighted by atomic mass is 10.0. The molecule has 0 aliphatic rings. The molecule has 0 saturated carbocycles. The van der Waals surface area contributed by atoms with E-state index < -0.39 is 10.8 Å². The predicted octanol–water partition coefficient (Wildman–Crippen LogP) is 2.89. The highest BCUT2D eigenvalue weighted by atomic mass is 32.2. The van der Waals surface area contributed by atoms with E-state index in [4.69, 9.17) is 0 Å². The van der Waals surface area contributed by atoms with E-state index in [0.29, 0.717) is 6.04 Å². The zero-order valence-electron chi connectivity index (χ0n) is 10.8. The Kier molecular flexibility index (Phi) is 7.13. The van der Waals surface area contributed by atoms with Gasteiger partial charge in [0.05, 0.1) is 0 Å². The summed E-state index contributed by atoms with van der Waals surface area (Å²) in [4.78, 5) is 0. The van der Waals surface area contributed by atoms with Crippen LogP contribution in [-0.4, -0.2) is 22.3 Å². The van der Waals surface area contributed by atoms with Gasteiger partial charge in [-0.1, -0.05) is 50.6 Å². The van der Waals surface area contributed by atoms with Crippen molar-refractivity contribution < 1.29 is 4.21 Å². The lowest BCUT2D eigenvalue weighted by molar-refractivity contribution is 0.510. The number of nitrogens with one attached hydrogen (secondary N) is 1. The maximum Gasteiger partial charge on any atom is 0.0360 e. The first kappa shape index (κ1) is 14.4. The van der Waals surface area contributed by atoms with Crippen LogP contribution in [0.2, 0.25) is 0 Å². The average molecular weight is 253 g/mol. The highest BCUT2D eigenvalue weighted by molar-refractivity contribution is 7.84. The minimum atomic E-state index is -0.666. The van der Waals surface area contributed by atoms with E-state index in [1.807, 2.05) is 13.0 Å². The maximum atomic E-state index is 11.4. The molecule has 0 aliphatic carbocycles. The van der Waals surface area contributed by atoms with Crippen LogP contribution in [0.1, 0.15) is 38.3 Å². The molecule has 1 rings (SSSR count). The number of benzene rings is 1. The Morgan fingerprint density at radius 2 is 1.94 bits per heavy atom. The number of rotatable bonds is 8. The van der Waals surface area contributed by atoms with Crippen LogP contribution in [0, 0.1) is 0 Å². The summed E-state index contributed by atoms with van der Waals surface area (Å²) in [7, 11) is -0.666. The first-order chi connectivity index (χ1) is 8.27. The van der Waals surface area contributed by atoms with Crippen molar-refractivity contribution in [2.75, 3.05) is 18.1 Å². The van der Waals surface area contributed by atoms with Gasteiger partial charge in [0.15, 0.2) is 0 Å². The van der Waals surface area contributed by atoms with Crippen molar-refractivity contribution in [1.29, 1.82) is 0 Å². The van der Waals surface area contributed by atoms with Gasteiger partial charge in [-0.15, -0.1) is 0 Å². The maximum absolute atomic E-state index is 11.4. The Labute approximate surface area is 107 Å². The van der Waals surface area contributed by atoms with Gasteiger partial charge in [-0.3, -0.25) is 4.21 Å². The Morgan fingerprint density at radius 1 is 1.24 bits per heavy atom. The highest BCUT2D eigenvalue weighted by Gasteiger charge is 2.09. The highest BCUT2D eigenvalue weighted by Crippen LogP contribution is 2.17. The summed E-state index contributed by atoms with van der Waals surface area (Å²) in [5, 5.41) is 3.51. The third-order valence-electron chi connectivity index (χ3n) is 2.82. The van der Waals surface area contributed by atoms with Crippen LogP contribution in [0.25, 0.3) is 0 Å². The van der Waals surface area contributed by atoms with Crippen molar-refractivity contribution in [3.8, 4) is 0 Å². The van der Waals surface area contributed by atoms with Gasteiger partial charge >= 0.3 is 0 Å². The predicted molar refractivity (Wildman–Crippen MR) is 75.6 cm³/mol. The van der Waals surface area contributed by atoms with Crippen LogP contribution in [0.15, 0.2) is 30.3 Å². The van der Waals surface area contributed by atoms with Crippen LogP contribution < -0.4 is 5.32 Å². The quantitative estimate of drug-likeness (QED) is 0.772. The van der Waals surface area contributed by atoms with Gasteiger partial charge in [-0.25, -0.2) is 0 Å². The molecule has 3 heteroatoms. The van der Waals surface area contributed by atoms with E-state index in [9.17, 15) is 4.21 Å². The molecule has 2 unspecified atom stereocenters. The van der Waals surface area contributed by atoms with E-state index in [1.165, 1.54) is 5.56 Å². The van der Waals surface area contributed by atoms with Gasteiger partial charge in [-0.05, 0) is 12.0 Å². The Bertz CT molecular complexity index is 326. The SMILES string of the molecule is CCCC(NCCS(=O)CC)c1ccccc1. The van der Waals surface area contributed by atoms with Crippen molar-refractivity contribution in [3.05, 3.63) is 35.9 Å². The van der Waals surface area contributed by atoms with E-state index in [0.717, 1.165) is 30.9 Å². The zero-order valence-corrected chi connectivity index (χ0v) is 11.6. The van der Waals surface area contributed by atoms with Crippen molar-refractivity contribution in [2.45, 2.75) is 32.7 Å². The minimum Gasteiger partial charge on any atom is -0.309 e. The van der Waals surface area contributed by atoms with Crippen LogP contribution in [0.3, 0.4) is 0 Å². The standard InChI is InChI=1S/C14H23NOS/c1-3-8-14(13-9-6-5-7-10-13)15-11-12-17(16)4-2/h5-7,9-10,14-15H,3-4,8,11-12H2,1-2H3. The average Bonchev–Trinajstić information content (AvgIpc) is 2.38. The number of hydrogen-bond acceptors (Lipinski definition) is 2. The van der Waals surface area contributed by atoms with Crippen molar-refractivity contribution in [2.24, 2.45) is 0 Å². The fourth-order valence-corrected chi connectivity index (χ4v) is 2.49. The number of hydrogen-bond donors (Lipinski definition) is 1. The fraction of sp³-hybridized carbons (Fsp3) is 0.571. The fourth-order valence-electron chi connectivity index (χ4n) is 1.85. The summed E-state index contributed by atoms with van der Waals surface area (Å²) in [6.45, 7) is 5.00. The third-order valence-corrected chi connectivity index (χ3v) is 4.13. The van der Waals surface area contributed by atoms with E-state index >= 15 is 0 Å². The van der Waals surface area contributed by atoms with Gasteiger partial charge in [0.2, 0.25) is 0 Å². The minimum absolute atomic E-state index is 0.398. The Balaban J connectivity index is 2.47. The summed E-state index contributed by atoms with van der Waals surface area (Å²) in [6, 6.07) is 10.9. The largest absolute Gasteiger partial charge is 0.309 e. The smallest absolute Gasteiger partial charge is 0.0360 e. The molecule has 0 spiro atoms. The van der Waals surface area contributed by atoms with Gasteiger partial charge in [0, 0.05) is 34.9 Å². The lowest BCUT2D eigenvalue weighted by Gasteiger charge is -2.18. The molecule has 2 nitrogen and oxygen atoms in total. The topological polar surface area (TPSA) is 29.1 Å². The normalized spacial score (nSPS) is 14.5. The molecule has 17 heavy (non-hydrogen) atoms. The molecule has 96 valence electrons. The Hall–Kier alpha value is -0.670. The van der Waals surface area contributed by atoms with E-state index in [1.54, 1.807) is 0 Å². The zero-order chi connectivity index (χ0) is 12.5. The van der Waals surface area contributed by atoms with Crippen molar-refractivity contribution in [3.63, 3.8) is 0 Å². The second-order valence-corrected chi connectivity index (χ2v) is 6.00. The molecular weight excluding hydrogens is 230 g/mol. The second kappa shape index (κ2) is 8.43. The first-order valence-corrected chi connectivity index (χ1v) is 7.90. The molecule has 0 radical (unpaired) electrons. The van der Waals surface area contributed by atoms with E-state index in [2.05, 4.69) is 36.5 Å². The summed E-state index contributed by atoms with van der Waals surface area (Å²) in [6.07, 6.45) is 2.28. The Morgan fingerprint density at radius 3 is 2.53 bits per heavy atom. The molecule has 1 aromatic carbocycles. The summed E-state index contributed by atoms with van der Waals surface area (Å²) < 4.78 is 11.4. The summed E-state index contributed by atoms with van der Waals surface area (Å²) >= 11 is 0. The molecule has 0 bridgehead atoms. The lowest BCUT2D eigenvalue weighted by Crippen LogP contribution is -2.26. The first-order valence-electron chi connectivity index (χ1n) is 6.41. The molecule has 0 fully saturated rings. The van der Waals surface area contributed by atoms with Gasteiger partial charge < -0.3 is 5.32 Å². The molecule has 1 N–H and O–H groups in total. The third kappa shape index (κ3) is 5.46. The van der Waals surface area contributed by atoms with Crippen molar-refractivity contribution >= 4 is 10.8 Å². The molecule has 0 aliphatic heterocycles. The second-order valence-electron chi connectivity index (χ2n) is 4.14. The van der Waals surface area contributed by atoms with Gasteiger partial charge in [0.1, 0.15) is 0 Å². The van der Waals surface area contributed by atoms with Crippen LogP contribution in [-0.2, 0) is 10.8 Å². The molecule has 0 heterocycles. The monoisotopic (exact) mass is 253 g/mol.